The normalized spacial score (nSPS) is 14.1. The summed E-state index contributed by atoms with van der Waals surface area (Å²) < 4.78 is 14.9. The van der Waals surface area contributed by atoms with Gasteiger partial charge in [0.1, 0.15) is 5.82 Å². The van der Waals surface area contributed by atoms with E-state index in [0.717, 1.165) is 16.9 Å². The summed E-state index contributed by atoms with van der Waals surface area (Å²) in [6.45, 7) is 8.07. The minimum absolute atomic E-state index is 0.0104. The van der Waals surface area contributed by atoms with Crippen molar-refractivity contribution >= 4 is 11.8 Å². The third-order valence-electron chi connectivity index (χ3n) is 6.05. The van der Waals surface area contributed by atoms with Gasteiger partial charge in [0.15, 0.2) is 0 Å². The van der Waals surface area contributed by atoms with Crippen molar-refractivity contribution in [3.63, 3.8) is 0 Å². The first kappa shape index (κ1) is 22.7. The first-order valence-corrected chi connectivity index (χ1v) is 11.3. The summed E-state index contributed by atoms with van der Waals surface area (Å²) >= 11 is 0. The van der Waals surface area contributed by atoms with Gasteiger partial charge in [-0.1, -0.05) is 43.7 Å². The molecule has 7 heteroatoms. The highest BCUT2D eigenvalue weighted by molar-refractivity contribution is 5.95. The number of benzene rings is 2. The van der Waals surface area contributed by atoms with Crippen LogP contribution < -0.4 is 0 Å². The molecule has 2 aromatic carbocycles. The van der Waals surface area contributed by atoms with Crippen LogP contribution in [-0.2, 0) is 11.2 Å². The molecule has 1 aromatic heterocycles. The fourth-order valence-electron chi connectivity index (χ4n) is 4.19. The first-order chi connectivity index (χ1) is 15.8. The van der Waals surface area contributed by atoms with E-state index < -0.39 is 0 Å². The van der Waals surface area contributed by atoms with Crippen LogP contribution in [0.1, 0.15) is 46.9 Å². The topological polar surface area (TPSA) is 58.4 Å². The Morgan fingerprint density at radius 1 is 0.939 bits per heavy atom. The van der Waals surface area contributed by atoms with Crippen molar-refractivity contribution in [2.75, 3.05) is 26.2 Å². The van der Waals surface area contributed by atoms with Gasteiger partial charge in [-0.05, 0) is 42.7 Å². The van der Waals surface area contributed by atoms with E-state index in [1.54, 1.807) is 28.1 Å². The van der Waals surface area contributed by atoms with E-state index in [4.69, 9.17) is 0 Å². The van der Waals surface area contributed by atoms with Crippen LogP contribution in [0.5, 0.6) is 0 Å². The Morgan fingerprint density at radius 3 is 2.15 bits per heavy atom. The quantitative estimate of drug-likeness (QED) is 0.594. The summed E-state index contributed by atoms with van der Waals surface area (Å²) in [6.07, 6.45) is 1.89. The second-order valence-electron chi connectivity index (χ2n) is 8.82. The minimum atomic E-state index is -0.315. The maximum atomic E-state index is 13.4. The zero-order valence-corrected chi connectivity index (χ0v) is 19.3. The summed E-state index contributed by atoms with van der Waals surface area (Å²) in [7, 11) is 0. The van der Waals surface area contributed by atoms with Crippen LogP contribution in [-0.4, -0.2) is 57.6 Å². The molecule has 4 rings (SSSR count). The third-order valence-corrected chi connectivity index (χ3v) is 6.05. The average molecular weight is 449 g/mol. The Morgan fingerprint density at radius 2 is 1.55 bits per heavy atom. The van der Waals surface area contributed by atoms with E-state index in [9.17, 15) is 14.0 Å². The number of piperazine rings is 1. The molecule has 1 aliphatic rings. The molecule has 3 aromatic rings. The smallest absolute Gasteiger partial charge is 0.257 e. The molecule has 1 aliphatic heterocycles. The van der Waals surface area contributed by atoms with Gasteiger partial charge in [0.05, 0.1) is 29.6 Å². The zero-order chi connectivity index (χ0) is 23.5. The number of amides is 2. The standard InChI is InChI=1S/C26H29FN4O2/c1-18(2)25-23(17-28-31(25)22-10-4-19(3)5-11-22)26(33)30-14-12-29(13-15-30)24(32)16-20-6-8-21(27)9-7-20/h4-11,17-18H,12-16H2,1-3H3. The molecular formula is C26H29FN4O2. The Kier molecular flexibility index (Phi) is 6.58. The number of carbonyl (C=O) groups excluding carboxylic acids is 2. The molecular weight excluding hydrogens is 419 g/mol. The van der Waals surface area contributed by atoms with Gasteiger partial charge in [0.2, 0.25) is 5.91 Å². The lowest BCUT2D eigenvalue weighted by Crippen LogP contribution is -2.51. The van der Waals surface area contributed by atoms with Crippen LogP contribution in [0.2, 0.25) is 0 Å². The predicted octanol–water partition coefficient (Wildman–Crippen LogP) is 3.97. The lowest BCUT2D eigenvalue weighted by Gasteiger charge is -2.35. The van der Waals surface area contributed by atoms with Crippen molar-refractivity contribution in [3.05, 3.63) is 82.9 Å². The molecule has 1 saturated heterocycles. The van der Waals surface area contributed by atoms with Gasteiger partial charge in [-0.2, -0.15) is 5.10 Å². The molecule has 0 aliphatic carbocycles. The van der Waals surface area contributed by atoms with Crippen molar-refractivity contribution in [1.29, 1.82) is 0 Å². The highest BCUT2D eigenvalue weighted by Crippen LogP contribution is 2.25. The Labute approximate surface area is 193 Å². The number of aromatic nitrogens is 2. The molecule has 0 saturated carbocycles. The fourth-order valence-corrected chi connectivity index (χ4v) is 4.19. The van der Waals surface area contributed by atoms with Crippen molar-refractivity contribution in [3.8, 4) is 5.69 Å². The zero-order valence-electron chi connectivity index (χ0n) is 19.3. The van der Waals surface area contributed by atoms with Gasteiger partial charge >= 0.3 is 0 Å². The first-order valence-electron chi connectivity index (χ1n) is 11.3. The summed E-state index contributed by atoms with van der Waals surface area (Å²) in [4.78, 5) is 29.6. The molecule has 1 fully saturated rings. The number of hydrogen-bond donors (Lipinski definition) is 0. The summed E-state index contributed by atoms with van der Waals surface area (Å²) in [5.74, 6) is -0.261. The predicted molar refractivity (Wildman–Crippen MR) is 125 cm³/mol. The number of aryl methyl sites for hydroxylation is 1. The van der Waals surface area contributed by atoms with E-state index in [1.807, 2.05) is 35.9 Å². The number of carbonyl (C=O) groups is 2. The van der Waals surface area contributed by atoms with Gasteiger partial charge < -0.3 is 9.80 Å². The van der Waals surface area contributed by atoms with E-state index in [0.29, 0.717) is 31.7 Å². The van der Waals surface area contributed by atoms with Crippen molar-refractivity contribution in [2.24, 2.45) is 0 Å². The second-order valence-corrected chi connectivity index (χ2v) is 8.82. The van der Waals surface area contributed by atoms with Crippen molar-refractivity contribution in [1.82, 2.24) is 19.6 Å². The van der Waals surface area contributed by atoms with Crippen LogP contribution in [0.25, 0.3) is 5.69 Å². The van der Waals surface area contributed by atoms with Crippen LogP contribution in [0.15, 0.2) is 54.7 Å². The molecule has 0 atom stereocenters. The number of nitrogens with zero attached hydrogens (tertiary/aromatic N) is 4. The van der Waals surface area contributed by atoms with Gasteiger partial charge in [0.25, 0.3) is 5.91 Å². The molecule has 0 spiro atoms. The summed E-state index contributed by atoms with van der Waals surface area (Å²) in [6, 6.07) is 14.1. The number of hydrogen-bond acceptors (Lipinski definition) is 3. The van der Waals surface area contributed by atoms with Crippen LogP contribution in [0.4, 0.5) is 4.39 Å². The van der Waals surface area contributed by atoms with E-state index >= 15 is 0 Å². The third kappa shape index (κ3) is 4.97. The van der Waals surface area contributed by atoms with Gasteiger partial charge in [-0.3, -0.25) is 9.59 Å². The van der Waals surface area contributed by atoms with Crippen molar-refractivity contribution in [2.45, 2.75) is 33.1 Å². The highest BCUT2D eigenvalue weighted by Gasteiger charge is 2.29. The largest absolute Gasteiger partial charge is 0.339 e. The highest BCUT2D eigenvalue weighted by atomic mass is 19.1. The van der Waals surface area contributed by atoms with Gasteiger partial charge in [-0.15, -0.1) is 0 Å². The molecule has 0 radical (unpaired) electrons. The lowest BCUT2D eigenvalue weighted by atomic mass is 10.0. The van der Waals surface area contributed by atoms with Crippen LogP contribution in [0.3, 0.4) is 0 Å². The summed E-state index contributed by atoms with van der Waals surface area (Å²) in [5, 5.41) is 4.53. The molecule has 2 heterocycles. The van der Waals surface area contributed by atoms with Crippen LogP contribution >= 0.6 is 0 Å². The Hall–Kier alpha value is -3.48. The SMILES string of the molecule is Cc1ccc(-n2ncc(C(=O)N3CCN(C(=O)Cc4ccc(F)cc4)CC3)c2C(C)C)cc1. The molecule has 6 nitrogen and oxygen atoms in total. The molecule has 2 amide bonds. The Bertz CT molecular complexity index is 1130. The van der Waals surface area contributed by atoms with Crippen LogP contribution in [0, 0.1) is 12.7 Å². The van der Waals surface area contributed by atoms with Crippen molar-refractivity contribution < 1.29 is 14.0 Å². The molecule has 33 heavy (non-hydrogen) atoms. The molecule has 0 unspecified atom stereocenters. The molecule has 172 valence electrons. The van der Waals surface area contributed by atoms with E-state index in [1.165, 1.54) is 17.7 Å². The van der Waals surface area contributed by atoms with E-state index in [-0.39, 0.29) is 30.0 Å². The minimum Gasteiger partial charge on any atom is -0.339 e. The maximum absolute atomic E-state index is 13.4. The monoisotopic (exact) mass is 448 g/mol. The molecule has 0 N–H and O–H groups in total. The second kappa shape index (κ2) is 9.57. The van der Waals surface area contributed by atoms with E-state index in [2.05, 4.69) is 18.9 Å². The fraction of sp³-hybridized carbons (Fsp3) is 0.346. The van der Waals surface area contributed by atoms with Gasteiger partial charge in [-0.25, -0.2) is 9.07 Å². The van der Waals surface area contributed by atoms with Gasteiger partial charge in [0, 0.05) is 26.2 Å². The lowest BCUT2D eigenvalue weighted by molar-refractivity contribution is -0.131. The molecule has 0 bridgehead atoms. The maximum Gasteiger partial charge on any atom is 0.257 e. The average Bonchev–Trinajstić information content (AvgIpc) is 3.26. The Balaban J connectivity index is 1.44. The number of halogens is 1. The summed E-state index contributed by atoms with van der Waals surface area (Å²) in [5.41, 5.74) is 4.38. The number of rotatable bonds is 5.